The van der Waals surface area contributed by atoms with Gasteiger partial charge in [0.25, 0.3) is 5.69 Å². The van der Waals surface area contributed by atoms with Crippen LogP contribution in [0.15, 0.2) is 16.6 Å². The van der Waals surface area contributed by atoms with E-state index in [4.69, 9.17) is 0 Å². The zero-order chi connectivity index (χ0) is 14.7. The third-order valence-corrected chi connectivity index (χ3v) is 4.24. The van der Waals surface area contributed by atoms with Crippen molar-refractivity contribution in [2.24, 2.45) is 0 Å². The van der Waals surface area contributed by atoms with Crippen LogP contribution < -0.4 is 5.32 Å². The Balaban J connectivity index is 2.13. The lowest BCUT2D eigenvalue weighted by molar-refractivity contribution is -0.384. The van der Waals surface area contributed by atoms with Crippen LogP contribution in [0.1, 0.15) is 19.8 Å². The standard InChI is InChI=1S/C13H17BrFN3O2/c1-2-17-5-3-9(4-6-17)16-12-7-10(14)11(15)8-13(12)18(19)20/h7-9,16H,2-6H2,1H3. The number of anilines is 1. The van der Waals surface area contributed by atoms with Crippen molar-refractivity contribution in [3.8, 4) is 0 Å². The average molecular weight is 346 g/mol. The zero-order valence-corrected chi connectivity index (χ0v) is 12.8. The molecule has 0 unspecified atom stereocenters. The van der Waals surface area contributed by atoms with E-state index in [0.717, 1.165) is 38.5 Å². The number of nitro groups is 1. The summed E-state index contributed by atoms with van der Waals surface area (Å²) in [7, 11) is 0. The van der Waals surface area contributed by atoms with Crippen molar-refractivity contribution in [3.63, 3.8) is 0 Å². The van der Waals surface area contributed by atoms with Gasteiger partial charge in [-0.25, -0.2) is 4.39 Å². The van der Waals surface area contributed by atoms with Crippen LogP contribution in [0.2, 0.25) is 0 Å². The Morgan fingerprint density at radius 3 is 2.70 bits per heavy atom. The van der Waals surface area contributed by atoms with Gasteiger partial charge in [-0.1, -0.05) is 6.92 Å². The van der Waals surface area contributed by atoms with Crippen LogP contribution >= 0.6 is 15.9 Å². The Bertz CT molecular complexity index is 505. The lowest BCUT2D eigenvalue weighted by atomic mass is 10.0. The maximum atomic E-state index is 13.4. The molecule has 2 rings (SSSR count). The van der Waals surface area contributed by atoms with Gasteiger partial charge in [-0.15, -0.1) is 0 Å². The molecule has 0 spiro atoms. The molecule has 0 aliphatic carbocycles. The van der Waals surface area contributed by atoms with Crippen molar-refractivity contribution in [3.05, 3.63) is 32.5 Å². The number of rotatable bonds is 4. The van der Waals surface area contributed by atoms with Gasteiger partial charge >= 0.3 is 0 Å². The smallest absolute Gasteiger partial charge is 0.295 e. The van der Waals surface area contributed by atoms with E-state index in [1.165, 1.54) is 6.07 Å². The molecule has 1 aliphatic rings. The number of benzene rings is 1. The first-order valence-corrected chi connectivity index (χ1v) is 7.43. The Kier molecular flexibility index (Phi) is 4.93. The summed E-state index contributed by atoms with van der Waals surface area (Å²) in [5.41, 5.74) is 0.154. The second-order valence-electron chi connectivity index (χ2n) is 4.89. The molecule has 0 bridgehead atoms. The Hall–Kier alpha value is -1.21. The first-order valence-electron chi connectivity index (χ1n) is 6.63. The molecule has 0 aromatic heterocycles. The molecular formula is C13H17BrFN3O2. The minimum atomic E-state index is -0.622. The van der Waals surface area contributed by atoms with Crippen LogP contribution in [0, 0.1) is 15.9 Å². The van der Waals surface area contributed by atoms with Crippen LogP contribution in [0.25, 0.3) is 0 Å². The number of nitrogens with zero attached hydrogens (tertiary/aromatic N) is 2. The number of piperidine rings is 1. The first kappa shape index (κ1) is 15.2. The summed E-state index contributed by atoms with van der Waals surface area (Å²) >= 11 is 3.07. The Morgan fingerprint density at radius 2 is 2.15 bits per heavy atom. The molecule has 110 valence electrons. The average Bonchev–Trinajstić information content (AvgIpc) is 2.43. The highest BCUT2D eigenvalue weighted by atomic mass is 79.9. The molecule has 1 aliphatic heterocycles. The molecule has 0 radical (unpaired) electrons. The highest BCUT2D eigenvalue weighted by molar-refractivity contribution is 9.10. The van der Waals surface area contributed by atoms with Crippen LogP contribution in [-0.2, 0) is 0 Å². The normalized spacial score (nSPS) is 17.1. The highest BCUT2D eigenvalue weighted by Crippen LogP contribution is 2.32. The van der Waals surface area contributed by atoms with Crippen LogP contribution in [0.5, 0.6) is 0 Å². The fourth-order valence-electron chi connectivity index (χ4n) is 2.42. The highest BCUT2D eigenvalue weighted by Gasteiger charge is 2.23. The van der Waals surface area contributed by atoms with Gasteiger partial charge in [0.2, 0.25) is 0 Å². The van der Waals surface area contributed by atoms with E-state index >= 15 is 0 Å². The molecule has 0 amide bonds. The molecule has 7 heteroatoms. The molecule has 1 aromatic rings. The molecular weight excluding hydrogens is 329 g/mol. The van der Waals surface area contributed by atoms with Gasteiger partial charge in [-0.3, -0.25) is 10.1 Å². The molecule has 20 heavy (non-hydrogen) atoms. The van der Waals surface area contributed by atoms with E-state index in [2.05, 4.69) is 33.1 Å². The van der Waals surface area contributed by atoms with E-state index in [9.17, 15) is 14.5 Å². The summed E-state index contributed by atoms with van der Waals surface area (Å²) in [4.78, 5) is 12.8. The molecule has 1 fully saturated rings. The van der Waals surface area contributed by atoms with Crippen molar-refractivity contribution in [1.29, 1.82) is 0 Å². The second kappa shape index (κ2) is 6.49. The maximum Gasteiger partial charge on any atom is 0.295 e. The number of nitro benzene ring substituents is 1. The summed E-state index contributed by atoms with van der Waals surface area (Å²) < 4.78 is 13.6. The van der Waals surface area contributed by atoms with Gasteiger partial charge in [-0.05, 0) is 41.4 Å². The van der Waals surface area contributed by atoms with Crippen LogP contribution in [-0.4, -0.2) is 35.5 Å². The van der Waals surface area contributed by atoms with E-state index in [1.807, 2.05) is 0 Å². The van der Waals surface area contributed by atoms with Gasteiger partial charge in [0.1, 0.15) is 11.5 Å². The van der Waals surface area contributed by atoms with E-state index in [-0.39, 0.29) is 16.2 Å². The topological polar surface area (TPSA) is 58.4 Å². The third kappa shape index (κ3) is 3.46. The van der Waals surface area contributed by atoms with Crippen molar-refractivity contribution in [1.82, 2.24) is 4.90 Å². The maximum absolute atomic E-state index is 13.4. The molecule has 0 atom stereocenters. The fraction of sp³-hybridized carbons (Fsp3) is 0.538. The molecule has 5 nitrogen and oxygen atoms in total. The number of hydrogen-bond acceptors (Lipinski definition) is 4. The van der Waals surface area contributed by atoms with Gasteiger partial charge in [0, 0.05) is 19.1 Å². The molecule has 1 heterocycles. The summed E-state index contributed by atoms with van der Waals surface area (Å²) in [5, 5.41) is 14.2. The summed E-state index contributed by atoms with van der Waals surface area (Å²) in [6.07, 6.45) is 1.86. The summed E-state index contributed by atoms with van der Waals surface area (Å²) in [6.45, 7) is 5.10. The van der Waals surface area contributed by atoms with Crippen LogP contribution in [0.4, 0.5) is 15.8 Å². The molecule has 0 saturated carbocycles. The number of likely N-dealkylation sites (tertiary alicyclic amines) is 1. The Morgan fingerprint density at radius 1 is 1.50 bits per heavy atom. The molecule has 1 aromatic carbocycles. The van der Waals surface area contributed by atoms with Crippen molar-refractivity contribution >= 4 is 27.3 Å². The molecule has 1 N–H and O–H groups in total. The van der Waals surface area contributed by atoms with Crippen molar-refractivity contribution in [2.45, 2.75) is 25.8 Å². The second-order valence-corrected chi connectivity index (χ2v) is 5.75. The largest absolute Gasteiger partial charge is 0.377 e. The lowest BCUT2D eigenvalue weighted by Gasteiger charge is -2.31. The fourth-order valence-corrected chi connectivity index (χ4v) is 2.76. The predicted octanol–water partition coefficient (Wildman–Crippen LogP) is 3.39. The van der Waals surface area contributed by atoms with Gasteiger partial charge in [-0.2, -0.15) is 0 Å². The SMILES string of the molecule is CCN1CCC(Nc2cc(Br)c(F)cc2[N+](=O)[O-])CC1. The van der Waals surface area contributed by atoms with Crippen molar-refractivity contribution in [2.75, 3.05) is 25.0 Å². The molecule has 1 saturated heterocycles. The van der Waals surface area contributed by atoms with Gasteiger partial charge < -0.3 is 10.2 Å². The minimum Gasteiger partial charge on any atom is -0.377 e. The van der Waals surface area contributed by atoms with E-state index in [1.54, 1.807) is 0 Å². The van der Waals surface area contributed by atoms with Gasteiger partial charge in [0.15, 0.2) is 0 Å². The number of nitrogens with one attached hydrogen (secondary N) is 1. The number of halogens is 2. The minimum absolute atomic E-state index is 0.189. The third-order valence-electron chi connectivity index (χ3n) is 3.63. The zero-order valence-electron chi connectivity index (χ0n) is 11.2. The predicted molar refractivity (Wildman–Crippen MR) is 79.5 cm³/mol. The lowest BCUT2D eigenvalue weighted by Crippen LogP contribution is -2.38. The summed E-state index contributed by atoms with van der Waals surface area (Å²) in [5.74, 6) is -0.622. The quantitative estimate of drug-likeness (QED) is 0.671. The monoisotopic (exact) mass is 345 g/mol. The Labute approximate surface area is 125 Å². The van der Waals surface area contributed by atoms with E-state index in [0.29, 0.717) is 5.69 Å². The van der Waals surface area contributed by atoms with E-state index < -0.39 is 10.7 Å². The van der Waals surface area contributed by atoms with Gasteiger partial charge in [0.05, 0.1) is 15.5 Å². The first-order chi connectivity index (χ1) is 9.51. The van der Waals surface area contributed by atoms with Crippen LogP contribution in [0.3, 0.4) is 0 Å². The summed E-state index contributed by atoms with van der Waals surface area (Å²) in [6, 6.07) is 2.58. The number of hydrogen-bond donors (Lipinski definition) is 1. The van der Waals surface area contributed by atoms with Crippen molar-refractivity contribution < 1.29 is 9.31 Å².